The van der Waals surface area contributed by atoms with Gasteiger partial charge >= 0.3 is 18.3 Å². The van der Waals surface area contributed by atoms with Crippen LogP contribution in [-0.4, -0.2) is 88.1 Å². The van der Waals surface area contributed by atoms with Gasteiger partial charge in [-0.05, 0) is 44.6 Å². The molecule has 53 heavy (non-hydrogen) atoms. The Hall–Kier alpha value is -4.12. The lowest BCUT2D eigenvalue weighted by atomic mass is 9.78. The number of carbonyl (C=O) groups is 3. The van der Waals surface area contributed by atoms with Gasteiger partial charge in [-0.3, -0.25) is 19.4 Å². The number of aliphatic imine (C=N–C) groups is 1. The van der Waals surface area contributed by atoms with E-state index in [1.807, 2.05) is 0 Å². The molecule has 2 N–H and O–H groups in total. The van der Waals surface area contributed by atoms with E-state index in [2.05, 4.69) is 4.99 Å². The second-order valence-corrected chi connectivity index (χ2v) is 14.4. The standard InChI is InChI=1S/C36H41F6N3O7S/c1-2-7-28-34(52-23-20-29(53-22-23)36(40,41)42,12-6-16-45(28)31(48)24-21-43-15-11-25(24)35(37,38)39)32(49)44-17-13-33(50,14-18-44)26-8-3-4-9-27(26)51-19-5-10-30(46)47/h3-4,8-9,15,20-22,25,28,50H,2,5-7,10-14,16-19H2,1H3,(H,46,47). The summed E-state index contributed by atoms with van der Waals surface area (Å²) in [5.74, 6) is -4.65. The van der Waals surface area contributed by atoms with Crippen LogP contribution in [0.5, 0.6) is 11.5 Å². The van der Waals surface area contributed by atoms with Crippen LogP contribution in [0.2, 0.25) is 0 Å². The molecule has 4 heterocycles. The van der Waals surface area contributed by atoms with Crippen molar-refractivity contribution in [1.82, 2.24) is 9.80 Å². The molecule has 17 heteroatoms. The number of carboxylic acids is 1. The number of benzene rings is 1. The van der Waals surface area contributed by atoms with Gasteiger partial charge in [0.2, 0.25) is 5.60 Å². The Morgan fingerprint density at radius 3 is 2.42 bits per heavy atom. The van der Waals surface area contributed by atoms with E-state index in [1.165, 1.54) is 9.80 Å². The first-order valence-corrected chi connectivity index (χ1v) is 18.3. The second-order valence-electron chi connectivity index (χ2n) is 13.5. The number of rotatable bonds is 12. The van der Waals surface area contributed by atoms with Crippen LogP contribution in [0.25, 0.3) is 0 Å². The van der Waals surface area contributed by atoms with Crippen molar-refractivity contribution in [2.24, 2.45) is 10.9 Å². The van der Waals surface area contributed by atoms with E-state index in [1.54, 1.807) is 31.2 Å². The van der Waals surface area contributed by atoms with E-state index in [4.69, 9.17) is 14.6 Å². The molecule has 2 aromatic rings. The van der Waals surface area contributed by atoms with Crippen LogP contribution in [-0.2, 0) is 26.2 Å². The van der Waals surface area contributed by atoms with Crippen molar-refractivity contribution >= 4 is 35.3 Å². The zero-order valence-corrected chi connectivity index (χ0v) is 29.7. The summed E-state index contributed by atoms with van der Waals surface area (Å²) in [6.07, 6.45) is -7.39. The summed E-state index contributed by atoms with van der Waals surface area (Å²) < 4.78 is 95.4. The van der Waals surface area contributed by atoms with Crippen molar-refractivity contribution in [2.75, 3.05) is 26.2 Å². The van der Waals surface area contributed by atoms with Crippen molar-refractivity contribution in [3.63, 3.8) is 0 Å². The Kier molecular flexibility index (Phi) is 12.2. The minimum absolute atomic E-state index is 0.0141. The molecule has 5 rings (SSSR count). The summed E-state index contributed by atoms with van der Waals surface area (Å²) in [7, 11) is 0. The van der Waals surface area contributed by atoms with E-state index < -0.39 is 70.2 Å². The topological polar surface area (TPSA) is 129 Å². The highest BCUT2D eigenvalue weighted by atomic mass is 32.1. The first-order chi connectivity index (χ1) is 25.0. The Morgan fingerprint density at radius 1 is 1.06 bits per heavy atom. The van der Waals surface area contributed by atoms with Crippen LogP contribution in [0.15, 0.2) is 52.5 Å². The first-order valence-electron chi connectivity index (χ1n) is 17.4. The molecule has 2 amide bonds. The van der Waals surface area contributed by atoms with Crippen molar-refractivity contribution in [1.29, 1.82) is 0 Å². The fourth-order valence-corrected chi connectivity index (χ4v) is 8.01. The minimum atomic E-state index is -4.76. The predicted octanol–water partition coefficient (Wildman–Crippen LogP) is 6.97. The third kappa shape index (κ3) is 8.82. The molecule has 0 radical (unpaired) electrons. The van der Waals surface area contributed by atoms with Crippen LogP contribution >= 0.6 is 11.3 Å². The van der Waals surface area contributed by atoms with Crippen molar-refractivity contribution in [2.45, 2.75) is 94.3 Å². The van der Waals surface area contributed by atoms with Crippen LogP contribution in [0.1, 0.15) is 75.2 Å². The maximum atomic E-state index is 14.9. The minimum Gasteiger partial charge on any atom is -0.493 e. The highest BCUT2D eigenvalue weighted by Crippen LogP contribution is 2.45. The lowest BCUT2D eigenvalue weighted by Gasteiger charge is -2.51. The van der Waals surface area contributed by atoms with Crippen molar-refractivity contribution < 1.29 is 60.4 Å². The number of hydrogen-bond acceptors (Lipinski definition) is 8. The molecule has 290 valence electrons. The van der Waals surface area contributed by atoms with Gasteiger partial charge in [-0.15, -0.1) is 11.3 Å². The maximum Gasteiger partial charge on any atom is 0.425 e. The lowest BCUT2D eigenvalue weighted by molar-refractivity contribution is -0.174. The van der Waals surface area contributed by atoms with Gasteiger partial charge in [0.1, 0.15) is 16.4 Å². The molecule has 0 bridgehead atoms. The summed E-state index contributed by atoms with van der Waals surface area (Å²) in [6, 6.07) is 6.33. The zero-order chi connectivity index (χ0) is 38.6. The summed E-state index contributed by atoms with van der Waals surface area (Å²) in [6.45, 7) is 1.75. The largest absolute Gasteiger partial charge is 0.493 e. The van der Waals surface area contributed by atoms with Gasteiger partial charge in [0.05, 0.1) is 24.2 Å². The fraction of sp³-hybridized carbons (Fsp3) is 0.556. The third-order valence-corrected chi connectivity index (χ3v) is 10.9. The monoisotopic (exact) mass is 773 g/mol. The molecule has 3 unspecified atom stereocenters. The molecule has 3 atom stereocenters. The smallest absolute Gasteiger partial charge is 0.425 e. The zero-order valence-electron chi connectivity index (χ0n) is 28.9. The number of nitrogens with zero attached hydrogens (tertiary/aromatic N) is 3. The first kappa shape index (κ1) is 40.1. The molecule has 2 fully saturated rings. The second kappa shape index (κ2) is 16.1. The average Bonchev–Trinajstić information content (AvgIpc) is 3.60. The molecule has 3 aliphatic rings. The van der Waals surface area contributed by atoms with Crippen molar-refractivity contribution in [3.05, 3.63) is 57.9 Å². The maximum absolute atomic E-state index is 14.9. The number of aliphatic carboxylic acids is 1. The van der Waals surface area contributed by atoms with E-state index in [0.29, 0.717) is 29.1 Å². The highest BCUT2D eigenvalue weighted by molar-refractivity contribution is 7.10. The van der Waals surface area contributed by atoms with Crippen LogP contribution in [0, 0.1) is 5.92 Å². The molecule has 2 saturated heterocycles. The van der Waals surface area contributed by atoms with Gasteiger partial charge in [0.15, 0.2) is 0 Å². The van der Waals surface area contributed by atoms with Gasteiger partial charge < -0.3 is 29.5 Å². The van der Waals surface area contributed by atoms with Gasteiger partial charge in [-0.2, -0.15) is 26.3 Å². The molecular formula is C36H41F6N3O7S. The number of hydrogen-bond donors (Lipinski definition) is 2. The molecule has 3 aliphatic heterocycles. The summed E-state index contributed by atoms with van der Waals surface area (Å²) >= 11 is 0.366. The Labute approximate surface area is 306 Å². The molecule has 1 aromatic heterocycles. The third-order valence-electron chi connectivity index (χ3n) is 9.94. The summed E-state index contributed by atoms with van der Waals surface area (Å²) in [5, 5.41) is 21.9. The SMILES string of the molecule is CCCC1N(C(=O)C2=CN=CCC2C(F)(F)F)CCCC1(Oc1csc(C(F)(F)F)c1)C(=O)N1CCC(O)(c2ccccc2OCCCC(=O)O)CC1. The quantitative estimate of drug-likeness (QED) is 0.176. The molecular weight excluding hydrogens is 732 g/mol. The Balaban J connectivity index is 1.46. The molecule has 0 spiro atoms. The van der Waals surface area contributed by atoms with Gasteiger partial charge in [-0.25, -0.2) is 0 Å². The Morgan fingerprint density at radius 2 is 1.77 bits per heavy atom. The molecule has 0 saturated carbocycles. The van der Waals surface area contributed by atoms with E-state index >= 15 is 0 Å². The molecule has 0 aliphatic carbocycles. The van der Waals surface area contributed by atoms with Gasteiger partial charge in [0.25, 0.3) is 11.8 Å². The van der Waals surface area contributed by atoms with E-state index in [-0.39, 0.29) is 76.9 Å². The lowest BCUT2D eigenvalue weighted by Crippen LogP contribution is -2.69. The number of carbonyl (C=O) groups excluding carboxylic acids is 2. The normalized spacial score (nSPS) is 23.4. The average molecular weight is 774 g/mol. The summed E-state index contributed by atoms with van der Waals surface area (Å²) in [4.78, 5) is 45.3. The van der Waals surface area contributed by atoms with E-state index in [0.717, 1.165) is 23.9 Å². The number of para-hydroxylation sites is 1. The number of amides is 2. The van der Waals surface area contributed by atoms with Crippen LogP contribution < -0.4 is 9.47 Å². The number of thiophene rings is 1. The van der Waals surface area contributed by atoms with Crippen molar-refractivity contribution in [3.8, 4) is 11.5 Å². The number of ether oxygens (including phenoxy) is 2. The number of alkyl halides is 6. The van der Waals surface area contributed by atoms with Gasteiger partial charge in [0, 0.05) is 67.5 Å². The number of aliphatic hydroxyl groups is 1. The Bertz CT molecular complexity index is 1700. The number of likely N-dealkylation sites (tertiary alicyclic amines) is 2. The highest BCUT2D eigenvalue weighted by Gasteiger charge is 2.57. The molecule has 1 aromatic carbocycles. The summed E-state index contributed by atoms with van der Waals surface area (Å²) in [5.41, 5.74) is -3.60. The number of carboxylic acid groups (broad SMARTS) is 1. The van der Waals surface area contributed by atoms with E-state index in [9.17, 15) is 45.8 Å². The number of halogens is 6. The van der Waals surface area contributed by atoms with Gasteiger partial charge in [-0.1, -0.05) is 31.5 Å². The van der Waals surface area contributed by atoms with Crippen LogP contribution in [0.4, 0.5) is 26.3 Å². The predicted molar refractivity (Wildman–Crippen MR) is 182 cm³/mol. The molecule has 10 nitrogen and oxygen atoms in total. The fourth-order valence-electron chi connectivity index (χ4n) is 7.33. The number of piperidine rings is 2. The van der Waals surface area contributed by atoms with Crippen LogP contribution in [0.3, 0.4) is 0 Å².